The van der Waals surface area contributed by atoms with Crippen molar-refractivity contribution in [3.63, 3.8) is 0 Å². The molecule has 0 radical (unpaired) electrons. The van der Waals surface area contributed by atoms with Gasteiger partial charge < -0.3 is 19.1 Å². The highest BCUT2D eigenvalue weighted by atomic mass is 32.2. The largest absolute Gasteiger partial charge is 0.493 e. The van der Waals surface area contributed by atoms with E-state index in [1.165, 1.54) is 21.3 Å². The normalized spacial score (nSPS) is 15.9. The average Bonchev–Trinajstić information content (AvgIpc) is 3.53. The number of amides is 1. The molecule has 4 rings (SSSR count). The molecule has 1 saturated heterocycles. The minimum atomic E-state index is -3.51. The number of sulfone groups is 1. The number of carbonyl (C=O) groups excluding carboxylic acids is 1. The summed E-state index contributed by atoms with van der Waals surface area (Å²) in [7, 11) is 1.06. The zero-order chi connectivity index (χ0) is 24.3. The predicted molar refractivity (Wildman–Crippen MR) is 126 cm³/mol. The minimum absolute atomic E-state index is 0.114. The van der Waals surface area contributed by atoms with Crippen LogP contribution in [0.1, 0.15) is 23.3 Å². The molecule has 1 aliphatic heterocycles. The van der Waals surface area contributed by atoms with Crippen molar-refractivity contribution in [2.75, 3.05) is 33.6 Å². The Kier molecular flexibility index (Phi) is 6.78. The van der Waals surface area contributed by atoms with Crippen molar-refractivity contribution >= 4 is 15.7 Å². The average molecular weight is 486 g/mol. The molecule has 0 aliphatic carbocycles. The SMILES string of the molecule is COc1cc(-c2cc(C(=O)N3CCCC3CS(=O)(=O)c3ccccc3)[nH]n2)cc(OC)c1OC. The van der Waals surface area contributed by atoms with Gasteiger partial charge in [0.2, 0.25) is 5.75 Å². The Hall–Kier alpha value is -3.53. The maximum atomic E-state index is 13.3. The van der Waals surface area contributed by atoms with Crippen molar-refractivity contribution in [2.24, 2.45) is 0 Å². The molecule has 1 unspecified atom stereocenters. The van der Waals surface area contributed by atoms with Gasteiger partial charge in [-0.05, 0) is 43.2 Å². The number of nitrogens with one attached hydrogen (secondary N) is 1. The molecule has 1 N–H and O–H groups in total. The highest BCUT2D eigenvalue weighted by Gasteiger charge is 2.34. The molecule has 1 fully saturated rings. The van der Waals surface area contributed by atoms with Gasteiger partial charge in [0.25, 0.3) is 5.91 Å². The Morgan fingerprint density at radius 1 is 1.06 bits per heavy atom. The van der Waals surface area contributed by atoms with Gasteiger partial charge in [-0.2, -0.15) is 5.10 Å². The van der Waals surface area contributed by atoms with E-state index in [-0.39, 0.29) is 22.2 Å². The molecule has 10 heteroatoms. The second-order valence-corrected chi connectivity index (χ2v) is 10.0. The molecule has 0 saturated carbocycles. The molecule has 1 atom stereocenters. The van der Waals surface area contributed by atoms with Crippen LogP contribution in [0.15, 0.2) is 53.4 Å². The lowest BCUT2D eigenvalue weighted by atomic mass is 10.1. The summed E-state index contributed by atoms with van der Waals surface area (Å²) in [6.45, 7) is 0.492. The van der Waals surface area contributed by atoms with E-state index < -0.39 is 15.9 Å². The van der Waals surface area contributed by atoms with Crippen molar-refractivity contribution in [3.8, 4) is 28.5 Å². The number of likely N-dealkylation sites (tertiary alicyclic amines) is 1. The third-order valence-electron chi connectivity index (χ3n) is 5.92. The molecule has 2 heterocycles. The molecular weight excluding hydrogens is 458 g/mol. The van der Waals surface area contributed by atoms with Crippen LogP contribution < -0.4 is 14.2 Å². The fourth-order valence-electron chi connectivity index (χ4n) is 4.22. The van der Waals surface area contributed by atoms with Gasteiger partial charge in [-0.3, -0.25) is 9.89 Å². The van der Waals surface area contributed by atoms with Crippen LogP contribution in [0.2, 0.25) is 0 Å². The number of ether oxygens (including phenoxy) is 3. The number of benzene rings is 2. The highest BCUT2D eigenvalue weighted by molar-refractivity contribution is 7.91. The van der Waals surface area contributed by atoms with Crippen molar-refractivity contribution in [1.29, 1.82) is 0 Å². The Morgan fingerprint density at radius 3 is 2.35 bits per heavy atom. The molecule has 3 aromatic rings. The van der Waals surface area contributed by atoms with Gasteiger partial charge in [0.15, 0.2) is 21.3 Å². The summed E-state index contributed by atoms with van der Waals surface area (Å²) in [5.41, 5.74) is 1.48. The van der Waals surface area contributed by atoms with Gasteiger partial charge in [-0.15, -0.1) is 0 Å². The van der Waals surface area contributed by atoms with Crippen LogP contribution in [-0.4, -0.2) is 69.1 Å². The smallest absolute Gasteiger partial charge is 0.272 e. The number of rotatable bonds is 8. The van der Waals surface area contributed by atoms with E-state index in [1.54, 1.807) is 53.4 Å². The molecule has 1 aromatic heterocycles. The van der Waals surface area contributed by atoms with Crippen LogP contribution in [0.25, 0.3) is 11.3 Å². The standard InChI is InChI=1S/C24H27N3O6S/c1-31-21-12-16(13-22(32-2)23(21)33-3)19-14-20(26-25-19)24(28)27-11-7-8-17(27)15-34(29,30)18-9-5-4-6-10-18/h4-6,9-10,12-14,17H,7-8,11,15H2,1-3H3,(H,25,26). The van der Waals surface area contributed by atoms with E-state index in [0.717, 1.165) is 6.42 Å². The van der Waals surface area contributed by atoms with E-state index in [9.17, 15) is 13.2 Å². The van der Waals surface area contributed by atoms with E-state index in [1.807, 2.05) is 0 Å². The number of methoxy groups -OCH3 is 3. The molecule has 0 spiro atoms. The monoisotopic (exact) mass is 485 g/mol. The minimum Gasteiger partial charge on any atom is -0.493 e. The first-order valence-electron chi connectivity index (χ1n) is 10.8. The van der Waals surface area contributed by atoms with Crippen LogP contribution >= 0.6 is 0 Å². The lowest BCUT2D eigenvalue weighted by molar-refractivity contribution is 0.0743. The maximum Gasteiger partial charge on any atom is 0.272 e. The van der Waals surface area contributed by atoms with E-state index >= 15 is 0 Å². The summed E-state index contributed by atoms with van der Waals surface area (Å²) in [5, 5.41) is 7.09. The fourth-order valence-corrected chi connectivity index (χ4v) is 5.83. The van der Waals surface area contributed by atoms with E-state index in [2.05, 4.69) is 10.2 Å². The van der Waals surface area contributed by atoms with Crippen molar-refractivity contribution in [1.82, 2.24) is 15.1 Å². The Balaban J connectivity index is 1.56. The Bertz CT molecular complexity index is 1250. The second-order valence-electron chi connectivity index (χ2n) is 7.97. The van der Waals surface area contributed by atoms with Gasteiger partial charge >= 0.3 is 0 Å². The Morgan fingerprint density at radius 2 is 1.74 bits per heavy atom. The van der Waals surface area contributed by atoms with Crippen LogP contribution in [-0.2, 0) is 9.84 Å². The molecule has 1 amide bonds. The lowest BCUT2D eigenvalue weighted by Crippen LogP contribution is -2.39. The summed E-state index contributed by atoms with van der Waals surface area (Å²) in [5.74, 6) is 1.00. The summed E-state index contributed by atoms with van der Waals surface area (Å²) >= 11 is 0. The first-order valence-corrected chi connectivity index (χ1v) is 12.5. The number of carbonyl (C=O) groups is 1. The van der Waals surface area contributed by atoms with Crippen LogP contribution in [0.4, 0.5) is 0 Å². The molecular formula is C24H27N3O6S. The zero-order valence-corrected chi connectivity index (χ0v) is 20.1. The molecule has 34 heavy (non-hydrogen) atoms. The summed E-state index contributed by atoms with van der Waals surface area (Å²) in [6.07, 6.45) is 1.38. The number of H-pyrrole nitrogens is 1. The number of hydrogen-bond donors (Lipinski definition) is 1. The van der Waals surface area contributed by atoms with Crippen LogP contribution in [0.3, 0.4) is 0 Å². The van der Waals surface area contributed by atoms with Gasteiger partial charge in [0.05, 0.1) is 37.7 Å². The fraction of sp³-hybridized carbons (Fsp3) is 0.333. The number of hydrogen-bond acceptors (Lipinski definition) is 7. The second kappa shape index (κ2) is 9.76. The lowest BCUT2D eigenvalue weighted by Gasteiger charge is -2.24. The zero-order valence-electron chi connectivity index (χ0n) is 19.3. The summed E-state index contributed by atoms with van der Waals surface area (Å²) in [4.78, 5) is 15.1. The number of nitrogens with zero attached hydrogens (tertiary/aromatic N) is 2. The third-order valence-corrected chi connectivity index (χ3v) is 7.73. The van der Waals surface area contributed by atoms with Gasteiger partial charge in [-0.1, -0.05) is 18.2 Å². The molecule has 0 bridgehead atoms. The van der Waals surface area contributed by atoms with E-state index in [4.69, 9.17) is 14.2 Å². The maximum absolute atomic E-state index is 13.3. The van der Waals surface area contributed by atoms with E-state index in [0.29, 0.717) is 41.5 Å². The third kappa shape index (κ3) is 4.58. The van der Waals surface area contributed by atoms with Gasteiger partial charge in [0, 0.05) is 18.2 Å². The topological polar surface area (TPSA) is 111 Å². The quantitative estimate of drug-likeness (QED) is 0.522. The van der Waals surface area contributed by atoms with Crippen molar-refractivity contribution < 1.29 is 27.4 Å². The first-order chi connectivity index (χ1) is 16.4. The molecule has 1 aliphatic rings. The predicted octanol–water partition coefficient (Wildman–Crippen LogP) is 3.18. The van der Waals surface area contributed by atoms with Crippen molar-refractivity contribution in [3.05, 3.63) is 54.2 Å². The van der Waals surface area contributed by atoms with Crippen molar-refractivity contribution in [2.45, 2.75) is 23.8 Å². The molecule has 9 nitrogen and oxygen atoms in total. The number of aromatic nitrogens is 2. The van der Waals surface area contributed by atoms with Crippen LogP contribution in [0.5, 0.6) is 17.2 Å². The summed E-state index contributed by atoms with van der Waals surface area (Å²) in [6, 6.07) is 13.1. The van der Waals surface area contributed by atoms with Crippen LogP contribution in [0, 0.1) is 0 Å². The number of aromatic amines is 1. The Labute approximate surface area is 198 Å². The molecule has 2 aromatic carbocycles. The highest BCUT2D eigenvalue weighted by Crippen LogP contribution is 2.41. The summed E-state index contributed by atoms with van der Waals surface area (Å²) < 4.78 is 41.9. The van der Waals surface area contributed by atoms with Gasteiger partial charge in [0.1, 0.15) is 5.69 Å². The van der Waals surface area contributed by atoms with Gasteiger partial charge in [-0.25, -0.2) is 8.42 Å². The first kappa shape index (κ1) is 23.6. The molecule has 180 valence electrons.